The number of halogens is 1. The van der Waals surface area contributed by atoms with Gasteiger partial charge in [0.2, 0.25) is 0 Å². The minimum Gasteiger partial charge on any atom is -0.447 e. The quantitative estimate of drug-likeness (QED) is 0.810. The highest BCUT2D eigenvalue weighted by Gasteiger charge is 2.05. The maximum absolute atomic E-state index is 5.49. The number of aromatic nitrogens is 1. The summed E-state index contributed by atoms with van der Waals surface area (Å²) >= 11 is 3.25. The molecule has 0 saturated heterocycles. The predicted octanol–water partition coefficient (Wildman–Crippen LogP) is 2.05. The van der Waals surface area contributed by atoms with E-state index in [1.807, 2.05) is 12.1 Å². The first-order valence-electron chi connectivity index (χ1n) is 3.54. The van der Waals surface area contributed by atoms with Crippen LogP contribution in [0.4, 0.5) is 0 Å². The molecule has 3 nitrogen and oxygen atoms in total. The van der Waals surface area contributed by atoms with Crippen molar-refractivity contribution in [2.45, 2.75) is 6.54 Å². The fourth-order valence-electron chi connectivity index (χ4n) is 1.13. The first-order chi connectivity index (χ1) is 5.81. The number of hydrogen-bond acceptors (Lipinski definition) is 3. The molecule has 0 aliphatic carbocycles. The molecule has 0 aliphatic rings. The molecule has 0 bridgehead atoms. The predicted molar refractivity (Wildman–Crippen MR) is 49.6 cm³/mol. The lowest BCUT2D eigenvalue weighted by molar-refractivity contribution is 0.580. The summed E-state index contributed by atoms with van der Waals surface area (Å²) in [5.74, 6) is 0. The van der Waals surface area contributed by atoms with E-state index in [9.17, 15) is 0 Å². The van der Waals surface area contributed by atoms with Gasteiger partial charge in [0.1, 0.15) is 0 Å². The maximum atomic E-state index is 5.49. The first-order valence-corrected chi connectivity index (χ1v) is 4.33. The van der Waals surface area contributed by atoms with Crippen LogP contribution in [0.2, 0.25) is 0 Å². The summed E-state index contributed by atoms with van der Waals surface area (Å²) < 4.78 is 6.07. The van der Waals surface area contributed by atoms with Crippen LogP contribution < -0.4 is 5.73 Å². The highest BCUT2D eigenvalue weighted by molar-refractivity contribution is 9.10. The van der Waals surface area contributed by atoms with Crippen LogP contribution in [-0.4, -0.2) is 4.98 Å². The van der Waals surface area contributed by atoms with Crippen molar-refractivity contribution in [3.05, 3.63) is 28.7 Å². The Morgan fingerprint density at radius 1 is 1.58 bits per heavy atom. The zero-order valence-electron chi connectivity index (χ0n) is 6.25. The SMILES string of the molecule is NCc1nccc2cc(Br)oc12. The van der Waals surface area contributed by atoms with Gasteiger partial charge in [0.15, 0.2) is 10.3 Å². The van der Waals surface area contributed by atoms with Crippen molar-refractivity contribution < 1.29 is 4.42 Å². The lowest BCUT2D eigenvalue weighted by Crippen LogP contribution is -1.98. The minimum absolute atomic E-state index is 0.400. The van der Waals surface area contributed by atoms with Crippen molar-refractivity contribution in [2.75, 3.05) is 0 Å². The Kier molecular flexibility index (Phi) is 1.86. The molecule has 2 heterocycles. The van der Waals surface area contributed by atoms with Gasteiger partial charge in [-0.15, -0.1) is 0 Å². The van der Waals surface area contributed by atoms with E-state index < -0.39 is 0 Å². The highest BCUT2D eigenvalue weighted by atomic mass is 79.9. The molecule has 4 heteroatoms. The number of furan rings is 1. The normalized spacial score (nSPS) is 10.8. The molecule has 2 aromatic heterocycles. The standard InChI is InChI=1S/C8H7BrN2O/c9-7-3-5-1-2-11-6(4-10)8(5)12-7/h1-3H,4,10H2. The van der Waals surface area contributed by atoms with Crippen molar-refractivity contribution in [3.8, 4) is 0 Å². The van der Waals surface area contributed by atoms with Gasteiger partial charge >= 0.3 is 0 Å². The number of hydrogen-bond donors (Lipinski definition) is 1. The number of nitrogens with two attached hydrogens (primary N) is 1. The molecule has 0 spiro atoms. The van der Waals surface area contributed by atoms with Gasteiger partial charge in [-0.3, -0.25) is 4.98 Å². The van der Waals surface area contributed by atoms with E-state index in [0.717, 1.165) is 16.7 Å². The highest BCUT2D eigenvalue weighted by Crippen LogP contribution is 2.24. The summed E-state index contributed by atoms with van der Waals surface area (Å²) in [6, 6.07) is 3.79. The Labute approximate surface area is 77.7 Å². The van der Waals surface area contributed by atoms with Crippen molar-refractivity contribution in [1.82, 2.24) is 4.98 Å². The van der Waals surface area contributed by atoms with Crippen molar-refractivity contribution >= 4 is 26.9 Å². The number of pyridine rings is 1. The van der Waals surface area contributed by atoms with E-state index in [0.29, 0.717) is 11.2 Å². The second kappa shape index (κ2) is 2.88. The van der Waals surface area contributed by atoms with Gasteiger partial charge in [-0.05, 0) is 28.1 Å². The summed E-state index contributed by atoms with van der Waals surface area (Å²) in [4.78, 5) is 4.10. The van der Waals surface area contributed by atoms with Crippen LogP contribution in [0.25, 0.3) is 11.0 Å². The van der Waals surface area contributed by atoms with Crippen LogP contribution in [0.5, 0.6) is 0 Å². The lowest BCUT2D eigenvalue weighted by atomic mass is 10.2. The van der Waals surface area contributed by atoms with Gasteiger partial charge in [0.05, 0.1) is 5.69 Å². The zero-order valence-corrected chi connectivity index (χ0v) is 7.84. The van der Waals surface area contributed by atoms with Crippen LogP contribution in [0.15, 0.2) is 27.4 Å². The molecule has 2 aromatic rings. The first kappa shape index (κ1) is 7.76. The Morgan fingerprint density at radius 2 is 2.42 bits per heavy atom. The number of nitrogens with zero attached hydrogens (tertiary/aromatic N) is 1. The zero-order chi connectivity index (χ0) is 8.55. The van der Waals surface area contributed by atoms with Crippen LogP contribution in [-0.2, 0) is 6.54 Å². The van der Waals surface area contributed by atoms with Gasteiger partial charge in [-0.1, -0.05) is 0 Å². The van der Waals surface area contributed by atoms with E-state index in [2.05, 4.69) is 20.9 Å². The molecule has 0 saturated carbocycles. The van der Waals surface area contributed by atoms with Crippen LogP contribution in [0, 0.1) is 0 Å². The summed E-state index contributed by atoms with van der Waals surface area (Å²) in [6.07, 6.45) is 1.73. The summed E-state index contributed by atoms with van der Waals surface area (Å²) in [5, 5.41) is 1.03. The average molecular weight is 227 g/mol. The number of rotatable bonds is 1. The molecule has 0 fully saturated rings. The maximum Gasteiger partial charge on any atom is 0.170 e. The van der Waals surface area contributed by atoms with E-state index in [1.54, 1.807) is 6.20 Å². The molecule has 0 atom stereocenters. The third kappa shape index (κ3) is 1.13. The van der Waals surface area contributed by atoms with Gasteiger partial charge < -0.3 is 10.2 Å². The molecular weight excluding hydrogens is 220 g/mol. The van der Waals surface area contributed by atoms with Gasteiger partial charge in [-0.25, -0.2) is 0 Å². The van der Waals surface area contributed by atoms with E-state index in [-0.39, 0.29) is 0 Å². The fourth-order valence-corrected chi connectivity index (χ4v) is 1.54. The van der Waals surface area contributed by atoms with Crippen LogP contribution >= 0.6 is 15.9 Å². The van der Waals surface area contributed by atoms with Crippen molar-refractivity contribution in [1.29, 1.82) is 0 Å². The third-order valence-corrected chi connectivity index (χ3v) is 2.06. The molecule has 62 valence electrons. The molecule has 0 aromatic carbocycles. The smallest absolute Gasteiger partial charge is 0.170 e. The number of fused-ring (bicyclic) bond motifs is 1. The topological polar surface area (TPSA) is 52.0 Å². The van der Waals surface area contributed by atoms with Gasteiger partial charge in [-0.2, -0.15) is 0 Å². The molecule has 0 amide bonds. The largest absolute Gasteiger partial charge is 0.447 e. The second-order valence-electron chi connectivity index (χ2n) is 2.43. The monoisotopic (exact) mass is 226 g/mol. The second-order valence-corrected chi connectivity index (χ2v) is 3.21. The Balaban J connectivity index is 2.78. The summed E-state index contributed by atoms with van der Waals surface area (Å²) in [7, 11) is 0. The van der Waals surface area contributed by atoms with Crippen LogP contribution in [0.3, 0.4) is 0 Å². The van der Waals surface area contributed by atoms with E-state index in [1.165, 1.54) is 0 Å². The molecule has 0 unspecified atom stereocenters. The molecule has 12 heavy (non-hydrogen) atoms. The summed E-state index contributed by atoms with van der Waals surface area (Å²) in [6.45, 7) is 0.400. The molecular formula is C8H7BrN2O. The van der Waals surface area contributed by atoms with E-state index in [4.69, 9.17) is 10.2 Å². The van der Waals surface area contributed by atoms with Gasteiger partial charge in [0.25, 0.3) is 0 Å². The van der Waals surface area contributed by atoms with Crippen molar-refractivity contribution in [2.24, 2.45) is 5.73 Å². The summed E-state index contributed by atoms with van der Waals surface area (Å²) in [5.41, 5.74) is 7.05. The van der Waals surface area contributed by atoms with E-state index >= 15 is 0 Å². The van der Waals surface area contributed by atoms with Crippen molar-refractivity contribution in [3.63, 3.8) is 0 Å². The van der Waals surface area contributed by atoms with Crippen LogP contribution in [0.1, 0.15) is 5.69 Å². The Morgan fingerprint density at radius 3 is 3.17 bits per heavy atom. The van der Waals surface area contributed by atoms with Gasteiger partial charge in [0, 0.05) is 18.1 Å². The third-order valence-electron chi connectivity index (χ3n) is 1.67. The average Bonchev–Trinajstić information content (AvgIpc) is 2.44. The molecule has 2 N–H and O–H groups in total. The molecule has 0 aliphatic heterocycles. The Hall–Kier alpha value is -0.870. The fraction of sp³-hybridized carbons (Fsp3) is 0.125. The minimum atomic E-state index is 0.400. The molecule has 2 rings (SSSR count). The Bertz CT molecular complexity index is 410. The lowest BCUT2D eigenvalue weighted by Gasteiger charge is -1.94. The molecule has 0 radical (unpaired) electrons.